The van der Waals surface area contributed by atoms with Crippen LogP contribution in [0.25, 0.3) is 11.2 Å². The van der Waals surface area contributed by atoms with Gasteiger partial charge in [0.25, 0.3) is 0 Å². The summed E-state index contributed by atoms with van der Waals surface area (Å²) in [5.74, 6) is -0.0885. The number of nitrogens with zero attached hydrogens (tertiary/aromatic N) is 4. The number of esters is 1. The summed E-state index contributed by atoms with van der Waals surface area (Å²) in [6.45, 7) is 0.693. The second-order valence-electron chi connectivity index (χ2n) is 12.0. The summed E-state index contributed by atoms with van der Waals surface area (Å²) in [6, 6.07) is 7.08. The Morgan fingerprint density at radius 3 is 2.56 bits per heavy atom. The summed E-state index contributed by atoms with van der Waals surface area (Å²) in [5.41, 5.74) is 4.49. The van der Waals surface area contributed by atoms with E-state index in [9.17, 15) is 28.8 Å². The van der Waals surface area contributed by atoms with Crippen molar-refractivity contribution in [3.05, 3.63) is 48.3 Å². The zero-order valence-electron chi connectivity index (χ0n) is 27.9. The number of halogens is 1. The Balaban J connectivity index is 1.43. The fourth-order valence-corrected chi connectivity index (χ4v) is 6.91. The van der Waals surface area contributed by atoms with E-state index in [1.165, 1.54) is 36.6 Å². The number of anilines is 1. The van der Waals surface area contributed by atoms with Crippen molar-refractivity contribution in [2.75, 3.05) is 25.6 Å². The molecule has 0 bridgehead atoms. The van der Waals surface area contributed by atoms with Gasteiger partial charge in [-0.15, -0.1) is 6.42 Å². The third-order valence-electron chi connectivity index (χ3n) is 8.24. The van der Waals surface area contributed by atoms with Gasteiger partial charge in [-0.1, -0.05) is 88.1 Å². The molecule has 5 atom stereocenters. The molecule has 50 heavy (non-hydrogen) atoms. The van der Waals surface area contributed by atoms with E-state index in [0.717, 1.165) is 19.3 Å². The molecule has 2 unspecified atom stereocenters. The molecular formula is C33H44FN6O9P. The number of terminal acetylenes is 1. The van der Waals surface area contributed by atoms with E-state index in [2.05, 4.69) is 32.9 Å². The average molecular weight is 719 g/mol. The fraction of sp³-hybridized carbons (Fsp3) is 0.545. The minimum absolute atomic E-state index is 0.0210. The van der Waals surface area contributed by atoms with Crippen LogP contribution in [0.15, 0.2) is 36.7 Å². The number of carbonyl (C=O) groups excluding carboxylic acids is 1. The number of carboxylic acids is 1. The first-order valence-corrected chi connectivity index (χ1v) is 18.1. The molecule has 1 saturated heterocycles. The Hall–Kier alpha value is -3.97. The van der Waals surface area contributed by atoms with Gasteiger partial charge < -0.3 is 25.4 Å². The number of carbonyl (C=O) groups is 2. The number of aliphatic hydroxyl groups excluding tert-OH is 1. The second kappa shape index (κ2) is 18.3. The van der Waals surface area contributed by atoms with E-state index in [-0.39, 0.29) is 36.4 Å². The van der Waals surface area contributed by atoms with Crippen molar-refractivity contribution in [3.63, 3.8) is 0 Å². The standard InChI is InChI=1S/C33H44FN6O9P/c1-3-5-6-7-8-9-10-14-17-46-27(42)20-47-50(45,39-24(31(43)44)18-23-15-12-11-13-16-23)48-21-33(4-2)25(41)19-26(49-33)40-22-36-28-29(35)37-32(34)38-30(28)40/h2,11-13,15-16,22,24-26,41H,3,5-10,14,17-21H2,1H3,(H,39,45)(H,43,44)(H2,35,37,38)/t24?,25-,26+,33+,50?/m0/s1. The summed E-state index contributed by atoms with van der Waals surface area (Å²) in [4.78, 5) is 36.0. The highest BCUT2D eigenvalue weighted by Crippen LogP contribution is 2.48. The third-order valence-corrected chi connectivity index (χ3v) is 9.81. The van der Waals surface area contributed by atoms with Crippen molar-refractivity contribution in [2.45, 2.75) is 95.1 Å². The number of carboxylic acid groups (broad SMARTS) is 1. The molecule has 17 heteroatoms. The lowest BCUT2D eigenvalue weighted by molar-refractivity contribution is -0.146. The van der Waals surface area contributed by atoms with Crippen LogP contribution in [0.1, 0.15) is 76.5 Å². The molecule has 5 N–H and O–H groups in total. The molecule has 4 rings (SSSR count). The highest BCUT2D eigenvalue weighted by atomic mass is 31.2. The molecule has 1 fully saturated rings. The molecular weight excluding hydrogens is 674 g/mol. The number of nitrogen functional groups attached to an aromatic ring is 1. The number of hydrogen-bond acceptors (Lipinski definition) is 12. The minimum Gasteiger partial charge on any atom is -0.480 e. The van der Waals surface area contributed by atoms with E-state index in [1.54, 1.807) is 30.3 Å². The predicted octanol–water partition coefficient (Wildman–Crippen LogP) is 4.31. The summed E-state index contributed by atoms with van der Waals surface area (Å²) in [6.07, 6.45) is 11.6. The van der Waals surface area contributed by atoms with Gasteiger partial charge in [0.2, 0.25) is 0 Å². The van der Waals surface area contributed by atoms with Crippen molar-refractivity contribution in [2.24, 2.45) is 0 Å². The number of aromatic nitrogens is 4. The summed E-state index contributed by atoms with van der Waals surface area (Å²) < 4.78 is 51.6. The number of benzene rings is 1. The second-order valence-corrected chi connectivity index (χ2v) is 13.8. The van der Waals surface area contributed by atoms with E-state index in [4.69, 9.17) is 30.7 Å². The number of nitrogens with one attached hydrogen (secondary N) is 1. The van der Waals surface area contributed by atoms with Gasteiger partial charge in [0.15, 0.2) is 29.2 Å². The number of nitrogens with two attached hydrogens (primary N) is 1. The van der Waals surface area contributed by atoms with E-state index < -0.39 is 63.0 Å². The highest BCUT2D eigenvalue weighted by Gasteiger charge is 2.50. The van der Waals surface area contributed by atoms with Crippen LogP contribution in [-0.4, -0.2) is 79.2 Å². The van der Waals surface area contributed by atoms with Crippen LogP contribution >= 0.6 is 7.75 Å². The smallest absolute Gasteiger partial charge is 0.406 e. The first-order valence-electron chi connectivity index (χ1n) is 16.6. The van der Waals surface area contributed by atoms with Crippen LogP contribution in [0.4, 0.5) is 10.2 Å². The first-order chi connectivity index (χ1) is 24.0. The van der Waals surface area contributed by atoms with E-state index >= 15 is 0 Å². The number of unbranched alkanes of at least 4 members (excludes halogenated alkanes) is 7. The molecule has 2 aromatic heterocycles. The number of hydrogen-bond donors (Lipinski definition) is 4. The normalized spacial score (nSPS) is 20.7. The Labute approximate surface area is 289 Å². The van der Waals surface area contributed by atoms with Gasteiger partial charge in [-0.2, -0.15) is 14.4 Å². The first kappa shape index (κ1) is 38.8. The van der Waals surface area contributed by atoms with Gasteiger partial charge in [-0.3, -0.25) is 18.4 Å². The van der Waals surface area contributed by atoms with Crippen LogP contribution < -0.4 is 10.8 Å². The minimum atomic E-state index is -4.67. The Kier molecular flexibility index (Phi) is 14.2. The number of rotatable bonds is 21. The largest absolute Gasteiger partial charge is 0.480 e. The van der Waals surface area contributed by atoms with E-state index in [0.29, 0.717) is 12.0 Å². The van der Waals surface area contributed by atoms with Gasteiger partial charge in [0, 0.05) is 6.42 Å². The van der Waals surface area contributed by atoms with Crippen molar-refractivity contribution in [1.29, 1.82) is 0 Å². The number of aliphatic carboxylic acids is 1. The molecule has 0 radical (unpaired) electrons. The SMILES string of the molecule is C#C[C@]1(COP(=O)(NC(Cc2ccccc2)C(=O)O)OCC(=O)OCCCCCCCCCC)O[C@@H](n2cnc3c(N)nc(F)nc32)C[C@@H]1O. The quantitative estimate of drug-likeness (QED) is 0.0398. The van der Waals surface area contributed by atoms with Gasteiger partial charge in [0.05, 0.1) is 12.9 Å². The maximum Gasteiger partial charge on any atom is 0.406 e. The predicted molar refractivity (Wildman–Crippen MR) is 180 cm³/mol. The molecule has 1 aliphatic heterocycles. The van der Waals surface area contributed by atoms with Crippen molar-refractivity contribution < 1.29 is 47.3 Å². The van der Waals surface area contributed by atoms with Gasteiger partial charge in [-0.25, -0.2) is 19.4 Å². The summed E-state index contributed by atoms with van der Waals surface area (Å²) in [7, 11) is -4.67. The summed E-state index contributed by atoms with van der Waals surface area (Å²) >= 11 is 0. The number of aliphatic hydroxyl groups is 1. The van der Waals surface area contributed by atoms with Crippen molar-refractivity contribution in [1.82, 2.24) is 24.6 Å². The molecule has 272 valence electrons. The Morgan fingerprint density at radius 2 is 1.88 bits per heavy atom. The van der Waals surface area contributed by atoms with Crippen LogP contribution in [-0.2, 0) is 39.1 Å². The lowest BCUT2D eigenvalue weighted by Gasteiger charge is -2.29. The molecule has 0 spiro atoms. The Morgan fingerprint density at radius 1 is 1.18 bits per heavy atom. The number of fused-ring (bicyclic) bond motifs is 1. The molecule has 0 aliphatic carbocycles. The monoisotopic (exact) mass is 718 g/mol. The molecule has 3 heterocycles. The van der Waals surface area contributed by atoms with Crippen LogP contribution in [0.2, 0.25) is 0 Å². The van der Waals surface area contributed by atoms with Gasteiger partial charge in [0.1, 0.15) is 25.0 Å². The Bertz CT molecular complexity index is 1670. The highest BCUT2D eigenvalue weighted by molar-refractivity contribution is 7.51. The molecule has 1 aromatic carbocycles. The number of ether oxygens (including phenoxy) is 2. The molecule has 1 aliphatic rings. The maximum absolute atomic E-state index is 14.1. The third kappa shape index (κ3) is 10.5. The fourth-order valence-electron chi connectivity index (χ4n) is 5.47. The zero-order valence-corrected chi connectivity index (χ0v) is 28.8. The lowest BCUT2D eigenvalue weighted by atomic mass is 9.99. The van der Waals surface area contributed by atoms with Crippen LogP contribution in [0.5, 0.6) is 0 Å². The van der Waals surface area contributed by atoms with Crippen LogP contribution in [0.3, 0.4) is 0 Å². The zero-order chi connectivity index (χ0) is 36.1. The molecule has 3 aromatic rings. The van der Waals surface area contributed by atoms with Gasteiger partial charge >= 0.3 is 25.8 Å². The van der Waals surface area contributed by atoms with Gasteiger partial charge in [-0.05, 0) is 18.4 Å². The van der Waals surface area contributed by atoms with Crippen molar-refractivity contribution in [3.8, 4) is 12.3 Å². The molecule has 15 nitrogen and oxygen atoms in total. The summed E-state index contributed by atoms with van der Waals surface area (Å²) in [5, 5.41) is 23.4. The van der Waals surface area contributed by atoms with Crippen LogP contribution in [0, 0.1) is 18.4 Å². The van der Waals surface area contributed by atoms with E-state index in [1.807, 2.05) is 0 Å². The van der Waals surface area contributed by atoms with Crippen molar-refractivity contribution >= 4 is 36.7 Å². The number of imidazole rings is 1. The average Bonchev–Trinajstić information content (AvgIpc) is 3.67. The molecule has 0 amide bonds. The lowest BCUT2D eigenvalue weighted by Crippen LogP contribution is -2.44. The molecule has 0 saturated carbocycles. The topological polar surface area (TPSA) is 210 Å². The maximum atomic E-state index is 14.1.